The van der Waals surface area contributed by atoms with Crippen molar-refractivity contribution in [3.63, 3.8) is 0 Å². The maximum atomic E-state index is 12.2. The molecular weight excluding hydrogens is 292 g/mol. The summed E-state index contributed by atoms with van der Waals surface area (Å²) in [6.45, 7) is 5.60. The zero-order chi connectivity index (χ0) is 16.1. The molecule has 1 aromatic rings. The van der Waals surface area contributed by atoms with E-state index in [1.807, 2.05) is 11.9 Å². The van der Waals surface area contributed by atoms with Crippen molar-refractivity contribution in [3.05, 3.63) is 29.6 Å². The van der Waals surface area contributed by atoms with Crippen LogP contribution in [0.5, 0.6) is 0 Å². The second-order valence-electron chi connectivity index (χ2n) is 6.22. The van der Waals surface area contributed by atoms with Crippen LogP contribution in [-0.4, -0.2) is 67.1 Å². The molecule has 0 saturated carbocycles. The van der Waals surface area contributed by atoms with Gasteiger partial charge in [0.2, 0.25) is 5.91 Å². The molecule has 2 saturated heterocycles. The van der Waals surface area contributed by atoms with Gasteiger partial charge in [-0.2, -0.15) is 0 Å². The number of aromatic nitrogens is 1. The topological polar surface area (TPSA) is 57.7 Å². The Balaban J connectivity index is 1.69. The van der Waals surface area contributed by atoms with Gasteiger partial charge in [-0.3, -0.25) is 14.7 Å². The summed E-state index contributed by atoms with van der Waals surface area (Å²) >= 11 is 0. The number of likely N-dealkylation sites (tertiary alicyclic amines) is 1. The number of nitrogens with zero attached hydrogens (tertiary/aromatic N) is 3. The molecular formula is C17H26N4O2. The molecule has 1 atom stereocenters. The van der Waals surface area contributed by atoms with Gasteiger partial charge in [0.25, 0.3) is 0 Å². The van der Waals surface area contributed by atoms with E-state index < -0.39 is 0 Å². The predicted octanol–water partition coefficient (Wildman–Crippen LogP) is 0.797. The zero-order valence-corrected chi connectivity index (χ0v) is 13.8. The summed E-state index contributed by atoms with van der Waals surface area (Å²) in [6, 6.07) is 6.32. The summed E-state index contributed by atoms with van der Waals surface area (Å²) in [4.78, 5) is 21.4. The average molecular weight is 318 g/mol. The number of ether oxygens (including phenoxy) is 1. The van der Waals surface area contributed by atoms with Crippen LogP contribution in [0.2, 0.25) is 0 Å². The van der Waals surface area contributed by atoms with Gasteiger partial charge >= 0.3 is 0 Å². The van der Waals surface area contributed by atoms with Gasteiger partial charge in [0.15, 0.2) is 0 Å². The number of pyridine rings is 1. The van der Waals surface area contributed by atoms with E-state index in [4.69, 9.17) is 9.72 Å². The molecule has 1 N–H and O–H groups in total. The Hall–Kier alpha value is -1.50. The highest BCUT2D eigenvalue weighted by Gasteiger charge is 2.30. The van der Waals surface area contributed by atoms with Crippen molar-refractivity contribution in [2.45, 2.75) is 25.4 Å². The van der Waals surface area contributed by atoms with Crippen LogP contribution in [-0.2, 0) is 16.1 Å². The minimum atomic E-state index is 0.125. The highest BCUT2D eigenvalue weighted by molar-refractivity contribution is 5.79. The largest absolute Gasteiger partial charge is 0.379 e. The quantitative estimate of drug-likeness (QED) is 0.870. The molecule has 0 aromatic carbocycles. The van der Waals surface area contributed by atoms with E-state index in [1.165, 1.54) is 0 Å². The number of likely N-dealkylation sites (N-methyl/N-ethyl adjacent to an activating group) is 1. The van der Waals surface area contributed by atoms with Crippen LogP contribution in [0, 0.1) is 0 Å². The van der Waals surface area contributed by atoms with Crippen molar-refractivity contribution in [2.24, 2.45) is 0 Å². The standard InChI is InChI=1S/C17H26N4O2/c1-18-12-17(22)21-7-3-6-16(21)15-5-2-4-14(19-15)13-20-8-10-23-11-9-20/h2,4-5,16,18H,3,6-13H2,1H3/t16-/m1/s1. The first-order valence-electron chi connectivity index (χ1n) is 8.48. The van der Waals surface area contributed by atoms with Crippen LogP contribution >= 0.6 is 0 Å². The average Bonchev–Trinajstić information content (AvgIpc) is 3.06. The van der Waals surface area contributed by atoms with Gasteiger partial charge < -0.3 is 15.0 Å². The molecule has 2 fully saturated rings. The second kappa shape index (κ2) is 7.86. The monoisotopic (exact) mass is 318 g/mol. The van der Waals surface area contributed by atoms with E-state index in [1.54, 1.807) is 0 Å². The number of rotatable bonds is 5. The SMILES string of the molecule is CNCC(=O)N1CCC[C@@H]1c1cccc(CN2CCOCC2)n1. The Kier molecular flexibility index (Phi) is 5.59. The first kappa shape index (κ1) is 16.4. The first-order valence-corrected chi connectivity index (χ1v) is 8.48. The molecule has 0 bridgehead atoms. The van der Waals surface area contributed by atoms with Crippen LogP contribution in [0.4, 0.5) is 0 Å². The number of amides is 1. The predicted molar refractivity (Wildman–Crippen MR) is 87.9 cm³/mol. The molecule has 1 amide bonds. The lowest BCUT2D eigenvalue weighted by Crippen LogP contribution is -2.37. The van der Waals surface area contributed by atoms with Crippen molar-refractivity contribution in [3.8, 4) is 0 Å². The number of nitrogens with one attached hydrogen (secondary N) is 1. The number of carbonyl (C=O) groups excluding carboxylic acids is 1. The highest BCUT2D eigenvalue weighted by Crippen LogP contribution is 2.30. The normalized spacial score (nSPS) is 22.5. The number of carbonyl (C=O) groups is 1. The minimum Gasteiger partial charge on any atom is -0.379 e. The lowest BCUT2D eigenvalue weighted by atomic mass is 10.1. The summed E-state index contributed by atoms with van der Waals surface area (Å²) in [5.74, 6) is 0.162. The second-order valence-corrected chi connectivity index (χ2v) is 6.22. The summed E-state index contributed by atoms with van der Waals surface area (Å²) < 4.78 is 5.39. The molecule has 2 aliphatic rings. The van der Waals surface area contributed by atoms with Crippen LogP contribution in [0.1, 0.15) is 30.3 Å². The number of hydrogen-bond donors (Lipinski definition) is 1. The van der Waals surface area contributed by atoms with Crippen LogP contribution < -0.4 is 5.32 Å². The Bertz CT molecular complexity index is 531. The fourth-order valence-electron chi connectivity index (χ4n) is 3.39. The molecule has 0 spiro atoms. The maximum absolute atomic E-state index is 12.2. The maximum Gasteiger partial charge on any atom is 0.237 e. The Morgan fingerprint density at radius 1 is 1.35 bits per heavy atom. The Labute approximate surface area is 137 Å². The molecule has 0 aliphatic carbocycles. The van der Waals surface area contributed by atoms with Gasteiger partial charge in [0.1, 0.15) is 0 Å². The van der Waals surface area contributed by atoms with Gasteiger partial charge in [-0.05, 0) is 32.0 Å². The molecule has 3 rings (SSSR count). The van der Waals surface area contributed by atoms with Gasteiger partial charge in [-0.15, -0.1) is 0 Å². The molecule has 6 nitrogen and oxygen atoms in total. The summed E-state index contributed by atoms with van der Waals surface area (Å²) in [5.41, 5.74) is 2.11. The van der Waals surface area contributed by atoms with Gasteiger partial charge in [-0.1, -0.05) is 6.07 Å². The van der Waals surface area contributed by atoms with Gasteiger partial charge in [-0.25, -0.2) is 0 Å². The van der Waals surface area contributed by atoms with Crippen molar-refractivity contribution < 1.29 is 9.53 Å². The van der Waals surface area contributed by atoms with E-state index in [0.29, 0.717) is 6.54 Å². The van der Waals surface area contributed by atoms with E-state index in [9.17, 15) is 4.79 Å². The molecule has 2 aliphatic heterocycles. The number of hydrogen-bond acceptors (Lipinski definition) is 5. The summed E-state index contributed by atoms with van der Waals surface area (Å²) in [6.07, 6.45) is 2.05. The van der Waals surface area contributed by atoms with Gasteiger partial charge in [0.05, 0.1) is 37.2 Å². The molecule has 6 heteroatoms. The highest BCUT2D eigenvalue weighted by atomic mass is 16.5. The van der Waals surface area contributed by atoms with Crippen LogP contribution in [0.3, 0.4) is 0 Å². The molecule has 3 heterocycles. The molecule has 126 valence electrons. The van der Waals surface area contributed by atoms with Crippen LogP contribution in [0.15, 0.2) is 18.2 Å². The Morgan fingerprint density at radius 3 is 2.96 bits per heavy atom. The molecule has 0 unspecified atom stereocenters. The first-order chi connectivity index (χ1) is 11.3. The van der Waals surface area contributed by atoms with Crippen molar-refractivity contribution in [1.29, 1.82) is 0 Å². The zero-order valence-electron chi connectivity index (χ0n) is 13.8. The summed E-state index contributed by atoms with van der Waals surface area (Å²) in [5, 5.41) is 2.95. The van der Waals surface area contributed by atoms with E-state index >= 15 is 0 Å². The van der Waals surface area contributed by atoms with E-state index in [-0.39, 0.29) is 11.9 Å². The Morgan fingerprint density at radius 2 is 2.17 bits per heavy atom. The lowest BCUT2D eigenvalue weighted by molar-refractivity contribution is -0.131. The van der Waals surface area contributed by atoms with Gasteiger partial charge in [0, 0.05) is 26.2 Å². The van der Waals surface area contributed by atoms with Crippen molar-refractivity contribution >= 4 is 5.91 Å². The molecule has 23 heavy (non-hydrogen) atoms. The third-order valence-electron chi connectivity index (χ3n) is 4.56. The van der Waals surface area contributed by atoms with Crippen molar-refractivity contribution in [2.75, 3.05) is 46.4 Å². The fraction of sp³-hybridized carbons (Fsp3) is 0.647. The summed E-state index contributed by atoms with van der Waals surface area (Å²) in [7, 11) is 1.81. The smallest absolute Gasteiger partial charge is 0.237 e. The van der Waals surface area contributed by atoms with E-state index in [2.05, 4.69) is 28.4 Å². The van der Waals surface area contributed by atoms with Crippen molar-refractivity contribution in [1.82, 2.24) is 20.1 Å². The fourth-order valence-corrected chi connectivity index (χ4v) is 3.39. The van der Waals surface area contributed by atoms with E-state index in [0.717, 1.165) is 63.6 Å². The van der Waals surface area contributed by atoms with Crippen LogP contribution in [0.25, 0.3) is 0 Å². The number of morpholine rings is 1. The third-order valence-corrected chi connectivity index (χ3v) is 4.56. The lowest BCUT2D eigenvalue weighted by Gasteiger charge is -2.27. The molecule has 1 aromatic heterocycles. The molecule has 0 radical (unpaired) electrons. The minimum absolute atomic E-state index is 0.125. The third kappa shape index (κ3) is 4.07.